The maximum atomic E-state index is 11.5. The maximum Gasteiger partial charge on any atom is 0.339 e. The van der Waals surface area contributed by atoms with Crippen molar-refractivity contribution < 1.29 is 19.2 Å². The summed E-state index contributed by atoms with van der Waals surface area (Å²) in [5, 5.41) is 10.4. The number of ether oxygens (including phenoxy) is 2. The molecule has 0 saturated carbocycles. The van der Waals surface area contributed by atoms with Crippen LogP contribution >= 0.6 is 11.6 Å². The largest absolute Gasteiger partial charge is 0.460 e. The highest BCUT2D eigenvalue weighted by Crippen LogP contribution is 2.28. The molecule has 0 radical (unpaired) electrons. The summed E-state index contributed by atoms with van der Waals surface area (Å²) >= 11 is 5.74. The lowest BCUT2D eigenvalue weighted by Gasteiger charge is -2.05. The molecule has 0 saturated heterocycles. The van der Waals surface area contributed by atoms with Gasteiger partial charge >= 0.3 is 5.97 Å². The third-order valence-electron chi connectivity index (χ3n) is 1.92. The van der Waals surface area contributed by atoms with E-state index in [-0.39, 0.29) is 29.5 Å². The molecule has 1 aromatic rings. The standard InChI is InChI=1S/C10H10ClNO5/c1-16-5-6-17-10(13)7-3-2-4-8(9(7)11)12(14)15/h2-4H,5-6H2,1H3. The zero-order valence-electron chi connectivity index (χ0n) is 9.01. The van der Waals surface area contributed by atoms with Crippen LogP contribution in [0.5, 0.6) is 0 Å². The number of rotatable bonds is 5. The summed E-state index contributed by atoms with van der Waals surface area (Å²) in [6.45, 7) is 0.312. The number of carbonyl (C=O) groups excluding carboxylic acids is 1. The highest BCUT2D eigenvalue weighted by molar-refractivity contribution is 6.35. The Hall–Kier alpha value is -1.66. The molecular formula is C10H10ClNO5. The van der Waals surface area contributed by atoms with Gasteiger partial charge in [0.1, 0.15) is 11.6 Å². The second-order valence-electron chi connectivity index (χ2n) is 3.02. The van der Waals surface area contributed by atoms with Crippen LogP contribution in [0.4, 0.5) is 5.69 Å². The summed E-state index contributed by atoms with van der Waals surface area (Å²) in [6, 6.07) is 3.95. The van der Waals surface area contributed by atoms with Crippen molar-refractivity contribution in [2.24, 2.45) is 0 Å². The fourth-order valence-corrected chi connectivity index (χ4v) is 1.39. The van der Waals surface area contributed by atoms with Crippen LogP contribution < -0.4 is 0 Å². The van der Waals surface area contributed by atoms with Crippen LogP contribution in [0.3, 0.4) is 0 Å². The molecule has 6 nitrogen and oxygen atoms in total. The van der Waals surface area contributed by atoms with Gasteiger partial charge in [0, 0.05) is 13.2 Å². The first-order valence-electron chi connectivity index (χ1n) is 4.67. The van der Waals surface area contributed by atoms with Gasteiger partial charge in [0.25, 0.3) is 5.69 Å². The third-order valence-corrected chi connectivity index (χ3v) is 2.31. The summed E-state index contributed by atoms with van der Waals surface area (Å²) in [7, 11) is 1.47. The molecule has 0 aliphatic heterocycles. The minimum Gasteiger partial charge on any atom is -0.460 e. The molecule has 0 bridgehead atoms. The number of nitro benzene ring substituents is 1. The lowest BCUT2D eigenvalue weighted by atomic mass is 10.2. The lowest BCUT2D eigenvalue weighted by molar-refractivity contribution is -0.384. The Balaban J connectivity index is 2.87. The van der Waals surface area contributed by atoms with Crippen molar-refractivity contribution in [2.75, 3.05) is 20.3 Å². The first-order chi connectivity index (χ1) is 8.07. The summed E-state index contributed by atoms with van der Waals surface area (Å²) in [6.07, 6.45) is 0. The van der Waals surface area contributed by atoms with E-state index in [1.165, 1.54) is 25.3 Å². The molecule has 0 fully saturated rings. The molecule has 0 atom stereocenters. The van der Waals surface area contributed by atoms with Gasteiger partial charge in [-0.25, -0.2) is 4.79 Å². The molecular weight excluding hydrogens is 250 g/mol. The molecule has 7 heteroatoms. The van der Waals surface area contributed by atoms with E-state index in [0.717, 1.165) is 0 Å². The summed E-state index contributed by atoms with van der Waals surface area (Å²) in [5.41, 5.74) is -0.357. The molecule has 0 amide bonds. The SMILES string of the molecule is COCCOC(=O)c1cccc([N+](=O)[O-])c1Cl. The number of nitro groups is 1. The van der Waals surface area contributed by atoms with Gasteiger partial charge in [0.05, 0.1) is 17.1 Å². The van der Waals surface area contributed by atoms with Gasteiger partial charge in [-0.3, -0.25) is 10.1 Å². The Morgan fingerprint density at radius 2 is 2.18 bits per heavy atom. The van der Waals surface area contributed by atoms with Crippen LogP contribution in [0.1, 0.15) is 10.4 Å². The predicted molar refractivity (Wildman–Crippen MR) is 60.3 cm³/mol. The molecule has 1 aromatic carbocycles. The van der Waals surface area contributed by atoms with Crippen molar-refractivity contribution in [3.05, 3.63) is 38.9 Å². The van der Waals surface area contributed by atoms with Crippen LogP contribution in [-0.2, 0) is 9.47 Å². The van der Waals surface area contributed by atoms with Crippen molar-refractivity contribution >= 4 is 23.3 Å². The molecule has 0 aliphatic rings. The van der Waals surface area contributed by atoms with Crippen molar-refractivity contribution in [3.8, 4) is 0 Å². The number of nitrogens with zero attached hydrogens (tertiary/aromatic N) is 1. The van der Waals surface area contributed by atoms with E-state index in [0.29, 0.717) is 0 Å². The van der Waals surface area contributed by atoms with Gasteiger partial charge in [0.2, 0.25) is 0 Å². The number of benzene rings is 1. The summed E-state index contributed by atoms with van der Waals surface area (Å²) in [4.78, 5) is 21.5. The average molecular weight is 260 g/mol. The Labute approximate surface area is 102 Å². The van der Waals surface area contributed by atoms with Crippen LogP contribution in [0, 0.1) is 10.1 Å². The number of esters is 1. The highest BCUT2D eigenvalue weighted by Gasteiger charge is 2.20. The molecule has 0 heterocycles. The minimum atomic E-state index is -0.712. The fourth-order valence-electron chi connectivity index (χ4n) is 1.11. The first-order valence-corrected chi connectivity index (χ1v) is 5.04. The van der Waals surface area contributed by atoms with E-state index in [4.69, 9.17) is 21.1 Å². The Morgan fingerprint density at radius 3 is 2.76 bits per heavy atom. The fraction of sp³-hybridized carbons (Fsp3) is 0.300. The quantitative estimate of drug-likeness (QED) is 0.350. The van der Waals surface area contributed by atoms with Crippen LogP contribution in [0.2, 0.25) is 5.02 Å². The lowest BCUT2D eigenvalue weighted by Crippen LogP contribution is -2.10. The Kier molecular flexibility index (Phi) is 4.86. The normalized spacial score (nSPS) is 10.0. The summed E-state index contributed by atoms with van der Waals surface area (Å²) < 4.78 is 9.51. The van der Waals surface area contributed by atoms with E-state index in [9.17, 15) is 14.9 Å². The van der Waals surface area contributed by atoms with Gasteiger partial charge in [-0.1, -0.05) is 17.7 Å². The average Bonchev–Trinajstić information content (AvgIpc) is 2.29. The van der Waals surface area contributed by atoms with Gasteiger partial charge in [-0.2, -0.15) is 0 Å². The number of methoxy groups -OCH3 is 1. The second-order valence-corrected chi connectivity index (χ2v) is 3.40. The maximum absolute atomic E-state index is 11.5. The highest BCUT2D eigenvalue weighted by atomic mass is 35.5. The second kappa shape index (κ2) is 6.17. The topological polar surface area (TPSA) is 78.7 Å². The van der Waals surface area contributed by atoms with Crippen molar-refractivity contribution in [1.82, 2.24) is 0 Å². The monoisotopic (exact) mass is 259 g/mol. The van der Waals surface area contributed by atoms with E-state index in [2.05, 4.69) is 0 Å². The van der Waals surface area contributed by atoms with Crippen molar-refractivity contribution in [2.45, 2.75) is 0 Å². The Morgan fingerprint density at radius 1 is 1.47 bits per heavy atom. The van der Waals surface area contributed by atoms with Gasteiger partial charge < -0.3 is 9.47 Å². The zero-order chi connectivity index (χ0) is 12.8. The molecule has 17 heavy (non-hydrogen) atoms. The van der Waals surface area contributed by atoms with Gasteiger partial charge in [-0.15, -0.1) is 0 Å². The molecule has 0 unspecified atom stereocenters. The van der Waals surface area contributed by atoms with Crippen LogP contribution in [0.25, 0.3) is 0 Å². The van der Waals surface area contributed by atoms with Crippen molar-refractivity contribution in [3.63, 3.8) is 0 Å². The van der Waals surface area contributed by atoms with E-state index in [1.54, 1.807) is 0 Å². The summed E-state index contributed by atoms with van der Waals surface area (Å²) in [5.74, 6) is -0.712. The number of halogens is 1. The number of hydrogen-bond acceptors (Lipinski definition) is 5. The van der Waals surface area contributed by atoms with E-state index in [1.807, 2.05) is 0 Å². The smallest absolute Gasteiger partial charge is 0.339 e. The first kappa shape index (κ1) is 13.4. The van der Waals surface area contributed by atoms with Gasteiger partial charge in [-0.05, 0) is 6.07 Å². The zero-order valence-corrected chi connectivity index (χ0v) is 9.77. The minimum absolute atomic E-state index is 0.0306. The molecule has 92 valence electrons. The van der Waals surface area contributed by atoms with Crippen molar-refractivity contribution in [1.29, 1.82) is 0 Å². The van der Waals surface area contributed by atoms with E-state index >= 15 is 0 Å². The third kappa shape index (κ3) is 3.40. The van der Waals surface area contributed by atoms with Crippen LogP contribution in [-0.4, -0.2) is 31.2 Å². The molecule has 0 spiro atoms. The van der Waals surface area contributed by atoms with E-state index < -0.39 is 10.9 Å². The number of hydrogen-bond donors (Lipinski definition) is 0. The Bertz CT molecular complexity index is 435. The molecule has 0 N–H and O–H groups in total. The van der Waals surface area contributed by atoms with Gasteiger partial charge in [0.15, 0.2) is 0 Å². The molecule has 0 aromatic heterocycles. The van der Waals surface area contributed by atoms with Crippen LogP contribution in [0.15, 0.2) is 18.2 Å². The molecule has 0 aliphatic carbocycles. The number of carbonyl (C=O) groups is 1. The molecule has 1 rings (SSSR count). The predicted octanol–water partition coefficient (Wildman–Crippen LogP) is 2.05.